The summed E-state index contributed by atoms with van der Waals surface area (Å²) in [4.78, 5) is 15.0. The summed E-state index contributed by atoms with van der Waals surface area (Å²) < 4.78 is 7.32. The molecule has 2 aliphatic rings. The highest BCUT2D eigenvalue weighted by Crippen LogP contribution is 2.38. The summed E-state index contributed by atoms with van der Waals surface area (Å²) in [5.41, 5.74) is 3.00. The van der Waals surface area contributed by atoms with Crippen molar-refractivity contribution < 1.29 is 9.32 Å². The van der Waals surface area contributed by atoms with Crippen molar-refractivity contribution in [3.63, 3.8) is 0 Å². The molecule has 4 rings (SSSR count). The summed E-state index contributed by atoms with van der Waals surface area (Å²) in [7, 11) is 0. The van der Waals surface area contributed by atoms with E-state index in [2.05, 4.69) is 21.7 Å². The van der Waals surface area contributed by atoms with Crippen LogP contribution in [0.25, 0.3) is 0 Å². The fraction of sp³-hybridized carbons (Fsp3) is 0.684. The van der Waals surface area contributed by atoms with E-state index in [0.29, 0.717) is 12.3 Å². The molecule has 1 saturated heterocycles. The van der Waals surface area contributed by atoms with Gasteiger partial charge in [-0.2, -0.15) is 0 Å². The van der Waals surface area contributed by atoms with E-state index in [-0.39, 0.29) is 11.9 Å². The van der Waals surface area contributed by atoms with Gasteiger partial charge in [0.2, 0.25) is 5.91 Å². The third-order valence-electron chi connectivity index (χ3n) is 5.58. The standard InChI is InChI=1S/C19H27N5O2/c1-3-16-15(18(4-2)26-21-16)10-19(25)24-9-5-6-14(24)11-23-12-17(20-22-23)13-7-8-13/h12-14H,3-11H2,1-2H3/t14-/m0/s1. The van der Waals surface area contributed by atoms with E-state index in [0.717, 1.165) is 61.5 Å². The Morgan fingerprint density at radius 1 is 1.27 bits per heavy atom. The van der Waals surface area contributed by atoms with Gasteiger partial charge in [0.1, 0.15) is 5.76 Å². The van der Waals surface area contributed by atoms with Crippen LogP contribution in [0.4, 0.5) is 0 Å². The van der Waals surface area contributed by atoms with Gasteiger partial charge in [-0.05, 0) is 32.1 Å². The van der Waals surface area contributed by atoms with E-state index < -0.39 is 0 Å². The molecule has 0 unspecified atom stereocenters. The first kappa shape index (κ1) is 17.2. The van der Waals surface area contributed by atoms with Crippen LogP contribution in [-0.2, 0) is 30.6 Å². The van der Waals surface area contributed by atoms with Crippen LogP contribution in [0.2, 0.25) is 0 Å². The predicted octanol–water partition coefficient (Wildman–Crippen LogP) is 2.50. The zero-order valence-corrected chi connectivity index (χ0v) is 15.6. The molecule has 26 heavy (non-hydrogen) atoms. The molecule has 0 N–H and O–H groups in total. The SMILES string of the molecule is CCc1noc(CC)c1CC(=O)N1CCC[C@H]1Cn1cc(C2CC2)nn1. The molecule has 0 radical (unpaired) electrons. The number of aryl methyl sites for hydroxylation is 2. The molecule has 1 atom stereocenters. The van der Waals surface area contributed by atoms with Crippen molar-refractivity contribution >= 4 is 5.91 Å². The molecule has 1 saturated carbocycles. The molecule has 0 aromatic carbocycles. The Bertz CT molecular complexity index is 755. The Labute approximate surface area is 153 Å². The molecule has 2 fully saturated rings. The van der Waals surface area contributed by atoms with Gasteiger partial charge in [0.05, 0.1) is 30.4 Å². The van der Waals surface area contributed by atoms with Crippen LogP contribution in [0, 0.1) is 0 Å². The second-order valence-corrected chi connectivity index (χ2v) is 7.44. The van der Waals surface area contributed by atoms with Crippen molar-refractivity contribution in [2.75, 3.05) is 6.54 Å². The van der Waals surface area contributed by atoms with Crippen LogP contribution in [0.3, 0.4) is 0 Å². The molecular formula is C19H27N5O2. The van der Waals surface area contributed by atoms with E-state index in [4.69, 9.17) is 4.52 Å². The quantitative estimate of drug-likeness (QED) is 0.761. The second kappa shape index (κ2) is 7.21. The van der Waals surface area contributed by atoms with Gasteiger partial charge in [-0.3, -0.25) is 9.48 Å². The summed E-state index contributed by atoms with van der Waals surface area (Å²) in [5, 5.41) is 12.7. The van der Waals surface area contributed by atoms with Gasteiger partial charge in [-0.1, -0.05) is 24.2 Å². The molecule has 0 bridgehead atoms. The summed E-state index contributed by atoms with van der Waals surface area (Å²) >= 11 is 0. The van der Waals surface area contributed by atoms with E-state index in [1.807, 2.05) is 23.4 Å². The molecule has 3 heterocycles. The van der Waals surface area contributed by atoms with Crippen LogP contribution >= 0.6 is 0 Å². The zero-order valence-electron chi connectivity index (χ0n) is 15.6. The van der Waals surface area contributed by atoms with Crippen molar-refractivity contribution in [3.05, 3.63) is 28.9 Å². The Balaban J connectivity index is 1.43. The number of hydrogen-bond acceptors (Lipinski definition) is 5. The summed E-state index contributed by atoms with van der Waals surface area (Å²) in [5.74, 6) is 1.62. The number of aromatic nitrogens is 4. The number of amides is 1. The maximum absolute atomic E-state index is 13.0. The highest BCUT2D eigenvalue weighted by molar-refractivity contribution is 5.79. The topological polar surface area (TPSA) is 77.0 Å². The van der Waals surface area contributed by atoms with Gasteiger partial charge in [-0.15, -0.1) is 5.10 Å². The van der Waals surface area contributed by atoms with E-state index in [1.54, 1.807) is 0 Å². The molecule has 1 aliphatic carbocycles. The average Bonchev–Trinajstić information content (AvgIpc) is 3.06. The number of carbonyl (C=O) groups excluding carboxylic acids is 1. The highest BCUT2D eigenvalue weighted by atomic mass is 16.5. The zero-order chi connectivity index (χ0) is 18.1. The van der Waals surface area contributed by atoms with Crippen molar-refractivity contribution in [3.8, 4) is 0 Å². The number of nitrogens with zero attached hydrogens (tertiary/aromatic N) is 5. The molecule has 0 spiro atoms. The van der Waals surface area contributed by atoms with E-state index in [9.17, 15) is 4.79 Å². The Kier molecular flexibility index (Phi) is 4.78. The van der Waals surface area contributed by atoms with Crippen LogP contribution < -0.4 is 0 Å². The van der Waals surface area contributed by atoms with Crippen molar-refractivity contribution in [2.45, 2.75) is 77.3 Å². The Morgan fingerprint density at radius 3 is 2.85 bits per heavy atom. The van der Waals surface area contributed by atoms with Gasteiger partial charge >= 0.3 is 0 Å². The Hall–Kier alpha value is -2.18. The lowest BCUT2D eigenvalue weighted by molar-refractivity contribution is -0.131. The first-order valence-corrected chi connectivity index (χ1v) is 9.85. The number of likely N-dealkylation sites (tertiary alicyclic amines) is 1. The number of rotatable bonds is 7. The van der Waals surface area contributed by atoms with Crippen LogP contribution in [-0.4, -0.2) is 43.5 Å². The second-order valence-electron chi connectivity index (χ2n) is 7.44. The number of hydrogen-bond donors (Lipinski definition) is 0. The molecule has 2 aromatic heterocycles. The van der Waals surface area contributed by atoms with Gasteiger partial charge < -0.3 is 9.42 Å². The minimum atomic E-state index is 0.169. The Morgan fingerprint density at radius 2 is 2.12 bits per heavy atom. The third-order valence-corrected chi connectivity index (χ3v) is 5.58. The van der Waals surface area contributed by atoms with Crippen LogP contribution in [0.15, 0.2) is 10.7 Å². The van der Waals surface area contributed by atoms with Crippen molar-refractivity contribution in [1.29, 1.82) is 0 Å². The molecular weight excluding hydrogens is 330 g/mol. The highest BCUT2D eigenvalue weighted by Gasteiger charge is 2.31. The van der Waals surface area contributed by atoms with Gasteiger partial charge in [-0.25, -0.2) is 0 Å². The molecule has 7 heteroatoms. The monoisotopic (exact) mass is 357 g/mol. The molecule has 140 valence electrons. The molecule has 7 nitrogen and oxygen atoms in total. The largest absolute Gasteiger partial charge is 0.361 e. The van der Waals surface area contributed by atoms with E-state index >= 15 is 0 Å². The summed E-state index contributed by atoms with van der Waals surface area (Å²) in [6, 6.07) is 0.200. The minimum Gasteiger partial charge on any atom is -0.361 e. The molecule has 1 amide bonds. The first-order chi connectivity index (χ1) is 12.7. The van der Waals surface area contributed by atoms with Crippen molar-refractivity contribution in [1.82, 2.24) is 25.1 Å². The van der Waals surface area contributed by atoms with Crippen LogP contribution in [0.1, 0.15) is 68.2 Å². The summed E-state index contributed by atoms with van der Waals surface area (Å²) in [6.07, 6.45) is 8.52. The molecule has 1 aliphatic heterocycles. The third kappa shape index (κ3) is 3.39. The van der Waals surface area contributed by atoms with Gasteiger partial charge in [0.25, 0.3) is 0 Å². The molecule has 2 aromatic rings. The maximum Gasteiger partial charge on any atom is 0.227 e. The normalized spacial score (nSPS) is 20.1. The van der Waals surface area contributed by atoms with Gasteiger partial charge in [0, 0.05) is 30.6 Å². The average molecular weight is 357 g/mol. The summed E-state index contributed by atoms with van der Waals surface area (Å²) in [6.45, 7) is 5.64. The number of carbonyl (C=O) groups is 1. The van der Waals surface area contributed by atoms with Crippen LogP contribution in [0.5, 0.6) is 0 Å². The van der Waals surface area contributed by atoms with Gasteiger partial charge in [0.15, 0.2) is 0 Å². The lowest BCUT2D eigenvalue weighted by Gasteiger charge is -2.24. The maximum atomic E-state index is 13.0. The van der Waals surface area contributed by atoms with E-state index in [1.165, 1.54) is 12.8 Å². The smallest absolute Gasteiger partial charge is 0.227 e. The lowest BCUT2D eigenvalue weighted by Crippen LogP contribution is -2.39. The minimum absolute atomic E-state index is 0.169. The van der Waals surface area contributed by atoms with Crippen molar-refractivity contribution in [2.24, 2.45) is 0 Å². The fourth-order valence-electron chi connectivity index (χ4n) is 3.93. The fourth-order valence-corrected chi connectivity index (χ4v) is 3.93. The first-order valence-electron chi connectivity index (χ1n) is 9.85. The lowest BCUT2D eigenvalue weighted by atomic mass is 10.1. The predicted molar refractivity (Wildman–Crippen MR) is 95.7 cm³/mol.